The SMILES string of the molecule is CC(=O)NNC(=O)c1ccc2ncn(-c3ccc(OC(F)(F)F)cc3)c2c1. The summed E-state index contributed by atoms with van der Waals surface area (Å²) in [5, 5.41) is 0. The van der Waals surface area contributed by atoms with Crippen molar-refractivity contribution in [3.8, 4) is 11.4 Å². The summed E-state index contributed by atoms with van der Waals surface area (Å²) >= 11 is 0. The Balaban J connectivity index is 1.90. The molecule has 3 aromatic rings. The first-order valence-corrected chi connectivity index (χ1v) is 7.63. The average molecular weight is 378 g/mol. The van der Waals surface area contributed by atoms with Gasteiger partial charge in [-0.3, -0.25) is 25.0 Å². The fourth-order valence-electron chi connectivity index (χ4n) is 2.38. The molecule has 140 valence electrons. The Morgan fingerprint density at radius 2 is 1.78 bits per heavy atom. The highest BCUT2D eigenvalue weighted by Crippen LogP contribution is 2.25. The van der Waals surface area contributed by atoms with Gasteiger partial charge >= 0.3 is 6.36 Å². The third-order valence-electron chi connectivity index (χ3n) is 3.51. The van der Waals surface area contributed by atoms with Crippen LogP contribution in [0.2, 0.25) is 0 Å². The largest absolute Gasteiger partial charge is 0.573 e. The van der Waals surface area contributed by atoms with Crippen molar-refractivity contribution in [2.45, 2.75) is 13.3 Å². The standard InChI is InChI=1S/C17H13F3N4O3/c1-10(25)22-23-16(26)11-2-7-14-15(8-11)24(9-21-14)12-3-5-13(6-4-12)27-17(18,19)20/h2-9H,1H3,(H,22,25)(H,23,26). The minimum absolute atomic E-state index is 0.273. The summed E-state index contributed by atoms with van der Waals surface area (Å²) in [6.45, 7) is 1.25. The summed E-state index contributed by atoms with van der Waals surface area (Å²) in [5.74, 6) is -1.28. The zero-order valence-corrected chi connectivity index (χ0v) is 13.9. The first kappa shape index (κ1) is 18.2. The van der Waals surface area contributed by atoms with Gasteiger partial charge in [0.15, 0.2) is 0 Å². The summed E-state index contributed by atoms with van der Waals surface area (Å²) in [6, 6.07) is 9.95. The molecule has 0 aliphatic rings. The maximum absolute atomic E-state index is 12.3. The number of aromatic nitrogens is 2. The molecule has 0 aliphatic carbocycles. The lowest BCUT2D eigenvalue weighted by Gasteiger charge is -2.10. The van der Waals surface area contributed by atoms with Crippen molar-refractivity contribution >= 4 is 22.8 Å². The van der Waals surface area contributed by atoms with Gasteiger partial charge in [0.2, 0.25) is 5.91 Å². The third-order valence-corrected chi connectivity index (χ3v) is 3.51. The van der Waals surface area contributed by atoms with Crippen molar-refractivity contribution in [3.63, 3.8) is 0 Å². The topological polar surface area (TPSA) is 85.3 Å². The minimum Gasteiger partial charge on any atom is -0.406 e. The van der Waals surface area contributed by atoms with Crippen LogP contribution in [0.1, 0.15) is 17.3 Å². The van der Waals surface area contributed by atoms with Crippen LogP contribution in [0.4, 0.5) is 13.2 Å². The van der Waals surface area contributed by atoms with Gasteiger partial charge in [0.25, 0.3) is 5.91 Å². The first-order chi connectivity index (χ1) is 12.7. The molecule has 0 radical (unpaired) electrons. The number of halogens is 3. The Bertz CT molecular complexity index is 997. The highest BCUT2D eigenvalue weighted by atomic mass is 19.4. The molecule has 0 saturated heterocycles. The van der Waals surface area contributed by atoms with Crippen LogP contribution in [0.25, 0.3) is 16.7 Å². The van der Waals surface area contributed by atoms with Gasteiger partial charge in [-0.15, -0.1) is 13.2 Å². The van der Waals surface area contributed by atoms with Crippen LogP contribution in [-0.2, 0) is 4.79 Å². The van der Waals surface area contributed by atoms with Crippen molar-refractivity contribution in [2.24, 2.45) is 0 Å². The van der Waals surface area contributed by atoms with Gasteiger partial charge in [-0.2, -0.15) is 0 Å². The number of ether oxygens (including phenoxy) is 1. The van der Waals surface area contributed by atoms with Crippen LogP contribution < -0.4 is 15.6 Å². The molecule has 0 spiro atoms. The Kier molecular flexibility index (Phi) is 4.72. The quantitative estimate of drug-likeness (QED) is 0.687. The van der Waals surface area contributed by atoms with E-state index in [2.05, 4.69) is 20.6 Å². The minimum atomic E-state index is -4.76. The number of nitrogens with one attached hydrogen (secondary N) is 2. The summed E-state index contributed by atoms with van der Waals surface area (Å²) in [6.07, 6.45) is -3.28. The molecule has 2 amide bonds. The number of benzene rings is 2. The lowest BCUT2D eigenvalue weighted by Crippen LogP contribution is -2.40. The maximum Gasteiger partial charge on any atom is 0.573 e. The van der Waals surface area contributed by atoms with Crippen molar-refractivity contribution in [2.75, 3.05) is 0 Å². The van der Waals surface area contributed by atoms with E-state index in [4.69, 9.17) is 0 Å². The number of imidazole rings is 1. The second-order valence-electron chi connectivity index (χ2n) is 5.50. The monoisotopic (exact) mass is 378 g/mol. The van der Waals surface area contributed by atoms with Gasteiger partial charge in [-0.1, -0.05) is 0 Å². The molecule has 0 fully saturated rings. The molecule has 0 unspecified atom stereocenters. The molecule has 2 aromatic carbocycles. The maximum atomic E-state index is 12.3. The van der Waals surface area contributed by atoms with E-state index in [1.165, 1.54) is 43.6 Å². The molecule has 10 heteroatoms. The molecule has 0 saturated carbocycles. The summed E-state index contributed by atoms with van der Waals surface area (Å²) < 4.78 is 42.2. The molecule has 27 heavy (non-hydrogen) atoms. The molecule has 1 aromatic heterocycles. The Hall–Kier alpha value is -3.56. The van der Waals surface area contributed by atoms with E-state index in [-0.39, 0.29) is 11.3 Å². The normalized spacial score (nSPS) is 11.3. The van der Waals surface area contributed by atoms with Crippen molar-refractivity contribution in [3.05, 3.63) is 54.4 Å². The number of amides is 2. The third kappa shape index (κ3) is 4.35. The van der Waals surface area contributed by atoms with E-state index in [1.807, 2.05) is 0 Å². The van der Waals surface area contributed by atoms with Gasteiger partial charge in [0, 0.05) is 18.2 Å². The number of rotatable bonds is 3. The first-order valence-electron chi connectivity index (χ1n) is 7.63. The fraction of sp³-hybridized carbons (Fsp3) is 0.118. The number of carbonyl (C=O) groups is 2. The lowest BCUT2D eigenvalue weighted by atomic mass is 10.2. The lowest BCUT2D eigenvalue weighted by molar-refractivity contribution is -0.274. The summed E-state index contributed by atoms with van der Waals surface area (Å²) in [5.41, 5.74) is 6.40. The molecule has 3 rings (SSSR count). The van der Waals surface area contributed by atoms with E-state index in [0.717, 1.165) is 0 Å². The van der Waals surface area contributed by atoms with Gasteiger partial charge < -0.3 is 4.74 Å². The number of nitrogens with zero attached hydrogens (tertiary/aromatic N) is 2. The highest BCUT2D eigenvalue weighted by Gasteiger charge is 2.31. The van der Waals surface area contributed by atoms with E-state index in [0.29, 0.717) is 16.7 Å². The van der Waals surface area contributed by atoms with Crippen molar-refractivity contribution in [1.82, 2.24) is 20.4 Å². The predicted octanol–water partition coefficient (Wildman–Crippen LogP) is 2.71. The molecule has 1 heterocycles. The van der Waals surface area contributed by atoms with Crippen molar-refractivity contribution < 1.29 is 27.5 Å². The Morgan fingerprint density at radius 3 is 2.41 bits per heavy atom. The number of hydrogen-bond acceptors (Lipinski definition) is 4. The van der Waals surface area contributed by atoms with Gasteiger partial charge in [-0.25, -0.2) is 4.98 Å². The summed E-state index contributed by atoms with van der Waals surface area (Å²) in [4.78, 5) is 27.1. The molecule has 7 nitrogen and oxygen atoms in total. The zero-order valence-electron chi connectivity index (χ0n) is 13.9. The number of fused-ring (bicyclic) bond motifs is 1. The number of hydrogen-bond donors (Lipinski definition) is 2. The average Bonchev–Trinajstić information content (AvgIpc) is 3.02. The van der Waals surface area contributed by atoms with E-state index < -0.39 is 18.2 Å². The van der Waals surface area contributed by atoms with E-state index in [9.17, 15) is 22.8 Å². The van der Waals surface area contributed by atoms with E-state index in [1.54, 1.807) is 16.7 Å². The van der Waals surface area contributed by atoms with Crippen LogP contribution in [-0.4, -0.2) is 27.7 Å². The van der Waals surface area contributed by atoms with Crippen LogP contribution >= 0.6 is 0 Å². The summed E-state index contributed by atoms with van der Waals surface area (Å²) in [7, 11) is 0. The zero-order chi connectivity index (χ0) is 19.6. The van der Waals surface area contributed by atoms with Crippen LogP contribution in [0.5, 0.6) is 5.75 Å². The van der Waals surface area contributed by atoms with Gasteiger partial charge in [0.1, 0.15) is 12.1 Å². The van der Waals surface area contributed by atoms with Crippen LogP contribution in [0.3, 0.4) is 0 Å². The molecular weight excluding hydrogens is 365 g/mol. The fourth-order valence-corrected chi connectivity index (χ4v) is 2.38. The number of hydrazine groups is 1. The van der Waals surface area contributed by atoms with E-state index >= 15 is 0 Å². The molecule has 0 bridgehead atoms. The number of alkyl halides is 3. The van der Waals surface area contributed by atoms with Gasteiger partial charge in [-0.05, 0) is 42.5 Å². The number of carbonyl (C=O) groups excluding carboxylic acids is 2. The molecule has 0 atom stereocenters. The molecule has 2 N–H and O–H groups in total. The second-order valence-corrected chi connectivity index (χ2v) is 5.50. The van der Waals surface area contributed by atoms with Gasteiger partial charge in [0.05, 0.1) is 11.0 Å². The molecule has 0 aliphatic heterocycles. The predicted molar refractivity (Wildman–Crippen MR) is 89.0 cm³/mol. The van der Waals surface area contributed by atoms with Crippen molar-refractivity contribution in [1.29, 1.82) is 0 Å². The smallest absolute Gasteiger partial charge is 0.406 e. The van der Waals surface area contributed by atoms with Crippen LogP contribution in [0.15, 0.2) is 48.8 Å². The second kappa shape index (κ2) is 6.98. The Morgan fingerprint density at radius 1 is 1.07 bits per heavy atom. The Labute approximate surface area is 150 Å². The highest BCUT2D eigenvalue weighted by molar-refractivity contribution is 5.98. The molecular formula is C17H13F3N4O3. The van der Waals surface area contributed by atoms with Crippen LogP contribution in [0, 0.1) is 0 Å².